The molecule has 0 aliphatic carbocycles. The molecule has 0 saturated heterocycles. The third kappa shape index (κ3) is 3.99. The first-order chi connectivity index (χ1) is 12.1. The number of rotatable bonds is 6. The summed E-state index contributed by atoms with van der Waals surface area (Å²) in [5.41, 5.74) is 5.27. The SMILES string of the molecule is CCOc1ccc(NC(=O)CCn2cnc3cc(C)c(C)cc32)cc1. The van der Waals surface area contributed by atoms with Crippen molar-refractivity contribution in [2.75, 3.05) is 11.9 Å². The standard InChI is InChI=1S/C20H23N3O2/c1-4-25-17-7-5-16(6-8-17)22-20(24)9-10-23-13-21-18-11-14(2)15(3)12-19(18)23/h5-8,11-13H,4,9-10H2,1-3H3,(H,22,24). The van der Waals surface area contributed by atoms with Gasteiger partial charge in [-0.25, -0.2) is 4.98 Å². The number of carbonyl (C=O) groups excluding carboxylic acids is 1. The normalized spacial score (nSPS) is 10.8. The van der Waals surface area contributed by atoms with Crippen molar-refractivity contribution in [3.63, 3.8) is 0 Å². The van der Waals surface area contributed by atoms with Crippen LogP contribution in [0.4, 0.5) is 5.69 Å². The number of fused-ring (bicyclic) bond motifs is 1. The summed E-state index contributed by atoms with van der Waals surface area (Å²) in [4.78, 5) is 16.6. The first-order valence-electron chi connectivity index (χ1n) is 8.51. The van der Waals surface area contributed by atoms with Gasteiger partial charge in [0.05, 0.1) is 24.0 Å². The van der Waals surface area contributed by atoms with Crippen molar-refractivity contribution < 1.29 is 9.53 Å². The number of imidazole rings is 1. The molecule has 5 nitrogen and oxygen atoms in total. The van der Waals surface area contributed by atoms with Crippen LogP contribution in [0.2, 0.25) is 0 Å². The van der Waals surface area contributed by atoms with E-state index in [-0.39, 0.29) is 5.91 Å². The highest BCUT2D eigenvalue weighted by atomic mass is 16.5. The zero-order valence-electron chi connectivity index (χ0n) is 14.9. The highest BCUT2D eigenvalue weighted by Crippen LogP contribution is 2.19. The molecule has 3 rings (SSSR count). The van der Waals surface area contributed by atoms with Crippen LogP contribution in [0.1, 0.15) is 24.5 Å². The number of ether oxygens (including phenoxy) is 1. The summed E-state index contributed by atoms with van der Waals surface area (Å²) in [6.45, 7) is 7.34. The zero-order valence-corrected chi connectivity index (χ0v) is 14.9. The molecule has 0 saturated carbocycles. The number of nitrogens with zero attached hydrogens (tertiary/aromatic N) is 2. The molecular weight excluding hydrogens is 314 g/mol. The van der Waals surface area contributed by atoms with Crippen molar-refractivity contribution in [1.82, 2.24) is 9.55 Å². The molecule has 1 aromatic heterocycles. The van der Waals surface area contributed by atoms with E-state index < -0.39 is 0 Å². The second kappa shape index (κ2) is 7.38. The van der Waals surface area contributed by atoms with Crippen molar-refractivity contribution in [1.29, 1.82) is 0 Å². The highest BCUT2D eigenvalue weighted by Gasteiger charge is 2.08. The monoisotopic (exact) mass is 337 g/mol. The Morgan fingerprint density at radius 3 is 2.60 bits per heavy atom. The molecule has 25 heavy (non-hydrogen) atoms. The molecule has 0 radical (unpaired) electrons. The Morgan fingerprint density at radius 1 is 1.16 bits per heavy atom. The van der Waals surface area contributed by atoms with Crippen LogP contribution in [0.15, 0.2) is 42.7 Å². The Morgan fingerprint density at radius 2 is 1.88 bits per heavy atom. The molecular formula is C20H23N3O2. The van der Waals surface area contributed by atoms with Gasteiger partial charge in [-0.2, -0.15) is 0 Å². The maximum atomic E-state index is 12.2. The van der Waals surface area contributed by atoms with Crippen molar-refractivity contribution >= 4 is 22.6 Å². The highest BCUT2D eigenvalue weighted by molar-refractivity contribution is 5.90. The van der Waals surface area contributed by atoms with Gasteiger partial charge in [-0.3, -0.25) is 4.79 Å². The molecule has 0 aliphatic rings. The molecule has 1 N–H and O–H groups in total. The Hall–Kier alpha value is -2.82. The van der Waals surface area contributed by atoms with E-state index in [2.05, 4.69) is 36.3 Å². The Kier molecular flexibility index (Phi) is 5.03. The summed E-state index contributed by atoms with van der Waals surface area (Å²) < 4.78 is 7.43. The number of amides is 1. The number of aryl methyl sites for hydroxylation is 3. The molecule has 0 spiro atoms. The van der Waals surface area contributed by atoms with Gasteiger partial charge in [0.2, 0.25) is 5.91 Å². The minimum atomic E-state index is -0.0187. The first-order valence-corrected chi connectivity index (χ1v) is 8.51. The lowest BCUT2D eigenvalue weighted by atomic mass is 10.1. The lowest BCUT2D eigenvalue weighted by Crippen LogP contribution is -2.14. The van der Waals surface area contributed by atoms with E-state index in [9.17, 15) is 4.79 Å². The molecule has 0 aliphatic heterocycles. The molecule has 0 atom stereocenters. The van der Waals surface area contributed by atoms with Crippen LogP contribution in [0.25, 0.3) is 11.0 Å². The fourth-order valence-electron chi connectivity index (χ4n) is 2.74. The van der Waals surface area contributed by atoms with Gasteiger partial charge >= 0.3 is 0 Å². The van der Waals surface area contributed by atoms with E-state index >= 15 is 0 Å². The van der Waals surface area contributed by atoms with E-state index in [1.807, 2.05) is 35.8 Å². The molecule has 0 unspecified atom stereocenters. The number of hydrogen-bond acceptors (Lipinski definition) is 3. The molecule has 3 aromatic rings. The Labute approximate surface area is 147 Å². The van der Waals surface area contributed by atoms with E-state index in [1.54, 1.807) is 6.33 Å². The summed E-state index contributed by atoms with van der Waals surface area (Å²) in [7, 11) is 0. The van der Waals surface area contributed by atoms with E-state index in [0.29, 0.717) is 19.6 Å². The van der Waals surface area contributed by atoms with Gasteiger partial charge in [-0.1, -0.05) is 0 Å². The predicted molar refractivity (Wildman–Crippen MR) is 100 cm³/mol. The van der Waals surface area contributed by atoms with Gasteiger partial charge in [0.25, 0.3) is 0 Å². The summed E-state index contributed by atoms with van der Waals surface area (Å²) in [6.07, 6.45) is 2.19. The van der Waals surface area contributed by atoms with Gasteiger partial charge in [0, 0.05) is 18.7 Å². The van der Waals surface area contributed by atoms with Crippen LogP contribution in [0.3, 0.4) is 0 Å². The van der Waals surface area contributed by atoms with Crippen LogP contribution < -0.4 is 10.1 Å². The third-order valence-electron chi connectivity index (χ3n) is 4.27. The average molecular weight is 337 g/mol. The van der Waals surface area contributed by atoms with Gasteiger partial charge in [-0.15, -0.1) is 0 Å². The lowest BCUT2D eigenvalue weighted by molar-refractivity contribution is -0.116. The molecule has 0 fully saturated rings. The number of benzene rings is 2. The second-order valence-corrected chi connectivity index (χ2v) is 6.12. The average Bonchev–Trinajstić information content (AvgIpc) is 2.97. The topological polar surface area (TPSA) is 56.1 Å². The number of nitrogens with one attached hydrogen (secondary N) is 1. The maximum Gasteiger partial charge on any atom is 0.226 e. The van der Waals surface area contributed by atoms with Crippen LogP contribution in [-0.2, 0) is 11.3 Å². The lowest BCUT2D eigenvalue weighted by Gasteiger charge is -2.08. The van der Waals surface area contributed by atoms with Gasteiger partial charge in [-0.05, 0) is 68.3 Å². The van der Waals surface area contributed by atoms with Gasteiger partial charge in [0.1, 0.15) is 5.75 Å². The quantitative estimate of drug-likeness (QED) is 0.737. The summed E-state index contributed by atoms with van der Waals surface area (Å²) >= 11 is 0. The predicted octanol–water partition coefficient (Wildman–Crippen LogP) is 4.08. The molecule has 5 heteroatoms. The maximum absolute atomic E-state index is 12.2. The second-order valence-electron chi connectivity index (χ2n) is 6.12. The van der Waals surface area contributed by atoms with Crippen molar-refractivity contribution in [2.24, 2.45) is 0 Å². The molecule has 1 amide bonds. The van der Waals surface area contributed by atoms with Gasteiger partial charge in [0.15, 0.2) is 0 Å². The van der Waals surface area contributed by atoms with Crippen molar-refractivity contribution in [3.05, 3.63) is 53.9 Å². The van der Waals surface area contributed by atoms with Crippen molar-refractivity contribution in [2.45, 2.75) is 33.7 Å². The van der Waals surface area contributed by atoms with Crippen LogP contribution in [0, 0.1) is 13.8 Å². The minimum Gasteiger partial charge on any atom is -0.494 e. The number of hydrogen-bond donors (Lipinski definition) is 1. The first kappa shape index (κ1) is 17.0. The molecule has 1 heterocycles. The van der Waals surface area contributed by atoms with E-state index in [4.69, 9.17) is 4.74 Å². The summed E-state index contributed by atoms with van der Waals surface area (Å²) in [5, 5.41) is 2.91. The number of anilines is 1. The number of aromatic nitrogens is 2. The van der Waals surface area contributed by atoms with Crippen LogP contribution in [0.5, 0.6) is 5.75 Å². The van der Waals surface area contributed by atoms with E-state index in [0.717, 1.165) is 22.5 Å². The number of carbonyl (C=O) groups is 1. The van der Waals surface area contributed by atoms with Gasteiger partial charge < -0.3 is 14.6 Å². The molecule has 0 bridgehead atoms. The molecule has 2 aromatic carbocycles. The largest absolute Gasteiger partial charge is 0.494 e. The van der Waals surface area contributed by atoms with Crippen molar-refractivity contribution in [3.8, 4) is 5.75 Å². The van der Waals surface area contributed by atoms with Crippen LogP contribution >= 0.6 is 0 Å². The third-order valence-corrected chi connectivity index (χ3v) is 4.27. The fourth-order valence-corrected chi connectivity index (χ4v) is 2.74. The van der Waals surface area contributed by atoms with E-state index in [1.165, 1.54) is 11.1 Å². The Bertz CT molecular complexity index is 882. The van der Waals surface area contributed by atoms with Crippen LogP contribution in [-0.4, -0.2) is 22.1 Å². The summed E-state index contributed by atoms with van der Waals surface area (Å²) in [5.74, 6) is 0.783. The summed E-state index contributed by atoms with van der Waals surface area (Å²) in [6, 6.07) is 11.6. The molecule has 130 valence electrons. The minimum absolute atomic E-state index is 0.0187. The Balaban J connectivity index is 1.61. The zero-order chi connectivity index (χ0) is 17.8. The smallest absolute Gasteiger partial charge is 0.226 e. The fraction of sp³-hybridized carbons (Fsp3) is 0.300.